The van der Waals surface area contributed by atoms with E-state index in [0.717, 1.165) is 43.8 Å². The number of hydrogen-bond donors (Lipinski definition) is 1. The van der Waals surface area contributed by atoms with Gasteiger partial charge in [-0.2, -0.15) is 0 Å². The first-order chi connectivity index (χ1) is 13.1. The summed E-state index contributed by atoms with van der Waals surface area (Å²) >= 11 is 0. The molecule has 0 spiro atoms. The average molecular weight is 367 g/mol. The first kappa shape index (κ1) is 19.2. The summed E-state index contributed by atoms with van der Waals surface area (Å²) in [5.41, 5.74) is 2.40. The van der Waals surface area contributed by atoms with Gasteiger partial charge in [-0.05, 0) is 31.0 Å². The van der Waals surface area contributed by atoms with E-state index in [0.29, 0.717) is 6.04 Å². The van der Waals surface area contributed by atoms with E-state index in [-0.39, 0.29) is 12.5 Å². The van der Waals surface area contributed by atoms with Crippen molar-refractivity contribution >= 4 is 11.6 Å². The largest absolute Gasteiger partial charge is 0.483 e. The number of nitrogens with zero attached hydrogens (tertiary/aromatic N) is 2. The summed E-state index contributed by atoms with van der Waals surface area (Å²) in [6.45, 7) is 2.95. The van der Waals surface area contributed by atoms with E-state index in [1.165, 1.54) is 5.69 Å². The van der Waals surface area contributed by atoms with Crippen molar-refractivity contribution in [2.24, 2.45) is 0 Å². The van der Waals surface area contributed by atoms with Crippen molar-refractivity contribution in [1.29, 1.82) is 0 Å². The molecular weight excluding hydrogens is 338 g/mol. The minimum Gasteiger partial charge on any atom is -0.483 e. The fourth-order valence-corrected chi connectivity index (χ4v) is 3.29. The molecule has 27 heavy (non-hydrogen) atoms. The molecule has 1 aliphatic heterocycles. The molecule has 1 N–H and O–H groups in total. The number of piperidine rings is 1. The predicted octanol–water partition coefficient (Wildman–Crippen LogP) is 2.91. The lowest BCUT2D eigenvalue weighted by Crippen LogP contribution is -2.42. The lowest BCUT2D eigenvalue weighted by molar-refractivity contribution is -0.130. The van der Waals surface area contributed by atoms with Gasteiger partial charge in [0, 0.05) is 51.0 Å². The maximum atomic E-state index is 11.8. The van der Waals surface area contributed by atoms with Crippen LogP contribution in [0.3, 0.4) is 0 Å². The Morgan fingerprint density at radius 3 is 2.44 bits per heavy atom. The predicted molar refractivity (Wildman–Crippen MR) is 109 cm³/mol. The first-order valence-corrected chi connectivity index (χ1v) is 9.57. The number of anilines is 1. The average Bonchev–Trinajstić information content (AvgIpc) is 2.72. The van der Waals surface area contributed by atoms with Crippen molar-refractivity contribution in [3.8, 4) is 5.75 Å². The summed E-state index contributed by atoms with van der Waals surface area (Å²) in [7, 11) is 3.47. The molecule has 2 aromatic carbocycles. The minimum absolute atomic E-state index is 0.0361. The molecule has 0 bridgehead atoms. The highest BCUT2D eigenvalue weighted by molar-refractivity contribution is 5.77. The van der Waals surface area contributed by atoms with Crippen molar-refractivity contribution in [1.82, 2.24) is 10.2 Å². The molecule has 1 aliphatic rings. The molecule has 0 atom stereocenters. The van der Waals surface area contributed by atoms with E-state index in [1.807, 2.05) is 18.2 Å². The van der Waals surface area contributed by atoms with Crippen LogP contribution in [0.5, 0.6) is 5.75 Å². The zero-order valence-corrected chi connectivity index (χ0v) is 16.2. The van der Waals surface area contributed by atoms with Crippen LogP contribution in [0.2, 0.25) is 0 Å². The van der Waals surface area contributed by atoms with Gasteiger partial charge in [-0.3, -0.25) is 4.79 Å². The Balaban J connectivity index is 1.49. The molecule has 3 rings (SSSR count). The van der Waals surface area contributed by atoms with Crippen LogP contribution in [-0.2, 0) is 11.3 Å². The number of carbonyl (C=O) groups excluding carboxylic acids is 1. The fourth-order valence-electron chi connectivity index (χ4n) is 3.29. The van der Waals surface area contributed by atoms with Crippen molar-refractivity contribution < 1.29 is 9.53 Å². The zero-order chi connectivity index (χ0) is 19.1. The van der Waals surface area contributed by atoms with Gasteiger partial charge < -0.3 is 19.9 Å². The van der Waals surface area contributed by atoms with E-state index < -0.39 is 0 Å². The van der Waals surface area contributed by atoms with Crippen molar-refractivity contribution in [2.75, 3.05) is 38.7 Å². The van der Waals surface area contributed by atoms with Gasteiger partial charge >= 0.3 is 0 Å². The Kier molecular flexibility index (Phi) is 6.71. The van der Waals surface area contributed by atoms with Crippen molar-refractivity contribution in [2.45, 2.75) is 25.4 Å². The molecule has 0 saturated carbocycles. The Morgan fingerprint density at radius 2 is 1.74 bits per heavy atom. The Bertz CT molecular complexity index is 725. The second-order valence-corrected chi connectivity index (χ2v) is 7.16. The first-order valence-electron chi connectivity index (χ1n) is 9.57. The van der Waals surface area contributed by atoms with Gasteiger partial charge in [0.2, 0.25) is 0 Å². The summed E-state index contributed by atoms with van der Waals surface area (Å²) in [6.07, 6.45) is 2.24. The number of ether oxygens (including phenoxy) is 1. The molecule has 1 saturated heterocycles. The van der Waals surface area contributed by atoms with Crippen LogP contribution in [0.25, 0.3) is 0 Å². The van der Waals surface area contributed by atoms with Gasteiger partial charge in [-0.1, -0.05) is 36.4 Å². The third kappa shape index (κ3) is 5.47. The number of benzene rings is 2. The monoisotopic (exact) mass is 367 g/mol. The molecule has 0 unspecified atom stereocenters. The number of hydrogen-bond acceptors (Lipinski definition) is 4. The molecule has 0 radical (unpaired) electrons. The molecule has 1 heterocycles. The van der Waals surface area contributed by atoms with Crippen LogP contribution in [0, 0.1) is 0 Å². The second-order valence-electron chi connectivity index (χ2n) is 7.16. The van der Waals surface area contributed by atoms with Gasteiger partial charge in [0.05, 0.1) is 0 Å². The van der Waals surface area contributed by atoms with Crippen LogP contribution in [0.1, 0.15) is 18.4 Å². The summed E-state index contributed by atoms with van der Waals surface area (Å²) in [5, 5.41) is 3.66. The molecule has 0 aliphatic carbocycles. The molecule has 0 aromatic heterocycles. The van der Waals surface area contributed by atoms with Crippen LogP contribution in [0.4, 0.5) is 5.69 Å². The zero-order valence-electron chi connectivity index (χ0n) is 16.2. The number of rotatable bonds is 7. The highest BCUT2D eigenvalue weighted by atomic mass is 16.5. The number of para-hydroxylation sites is 2. The third-order valence-corrected chi connectivity index (χ3v) is 5.02. The lowest BCUT2D eigenvalue weighted by Gasteiger charge is -2.34. The van der Waals surface area contributed by atoms with Crippen LogP contribution in [0.15, 0.2) is 54.6 Å². The van der Waals surface area contributed by atoms with Crippen LogP contribution >= 0.6 is 0 Å². The fraction of sp³-hybridized carbons (Fsp3) is 0.409. The smallest absolute Gasteiger partial charge is 0.259 e. The van der Waals surface area contributed by atoms with Gasteiger partial charge in [-0.25, -0.2) is 0 Å². The highest BCUT2D eigenvalue weighted by Crippen LogP contribution is 2.21. The second kappa shape index (κ2) is 9.42. The van der Waals surface area contributed by atoms with Crippen LogP contribution < -0.4 is 15.0 Å². The Morgan fingerprint density at radius 1 is 1.07 bits per heavy atom. The summed E-state index contributed by atoms with van der Waals surface area (Å²) in [5.74, 6) is 0.743. The summed E-state index contributed by atoms with van der Waals surface area (Å²) in [6, 6.07) is 19.0. The third-order valence-electron chi connectivity index (χ3n) is 5.02. The van der Waals surface area contributed by atoms with E-state index in [4.69, 9.17) is 4.74 Å². The molecule has 1 fully saturated rings. The summed E-state index contributed by atoms with van der Waals surface area (Å²) < 4.78 is 5.74. The molecule has 5 heteroatoms. The van der Waals surface area contributed by atoms with Gasteiger partial charge in [-0.15, -0.1) is 0 Å². The molecular formula is C22H29N3O2. The van der Waals surface area contributed by atoms with E-state index in [9.17, 15) is 4.79 Å². The minimum atomic E-state index is -0.0361. The molecule has 5 nitrogen and oxygen atoms in total. The highest BCUT2D eigenvalue weighted by Gasteiger charge is 2.19. The number of likely N-dealkylation sites (N-methyl/N-ethyl adjacent to an activating group) is 1. The lowest BCUT2D eigenvalue weighted by atomic mass is 10.0. The van der Waals surface area contributed by atoms with E-state index in [1.54, 1.807) is 19.0 Å². The topological polar surface area (TPSA) is 44.8 Å². The van der Waals surface area contributed by atoms with E-state index in [2.05, 4.69) is 46.6 Å². The number of nitrogens with one attached hydrogen (secondary N) is 1. The van der Waals surface area contributed by atoms with Gasteiger partial charge in [0.25, 0.3) is 5.91 Å². The SMILES string of the molecule is CN(C)C(=O)COc1ccccc1CNC1CCN(c2ccccc2)CC1. The quantitative estimate of drug-likeness (QED) is 0.817. The Labute approximate surface area is 161 Å². The summed E-state index contributed by atoms with van der Waals surface area (Å²) in [4.78, 5) is 15.8. The van der Waals surface area contributed by atoms with Crippen LogP contribution in [-0.4, -0.2) is 50.6 Å². The number of amides is 1. The van der Waals surface area contributed by atoms with Gasteiger partial charge in [0.15, 0.2) is 6.61 Å². The van der Waals surface area contributed by atoms with Gasteiger partial charge in [0.1, 0.15) is 5.75 Å². The van der Waals surface area contributed by atoms with Crippen molar-refractivity contribution in [3.05, 3.63) is 60.2 Å². The van der Waals surface area contributed by atoms with Crippen molar-refractivity contribution in [3.63, 3.8) is 0 Å². The van der Waals surface area contributed by atoms with E-state index >= 15 is 0 Å². The number of carbonyl (C=O) groups is 1. The molecule has 2 aromatic rings. The molecule has 144 valence electrons. The normalized spacial score (nSPS) is 14.8. The maximum absolute atomic E-state index is 11.8. The standard InChI is InChI=1S/C22H29N3O2/c1-24(2)22(26)17-27-21-11-7-6-8-18(21)16-23-19-12-14-25(15-13-19)20-9-4-3-5-10-20/h3-11,19,23H,12-17H2,1-2H3. The maximum Gasteiger partial charge on any atom is 0.259 e. The molecule has 1 amide bonds. The Hall–Kier alpha value is -2.53.